The lowest BCUT2D eigenvalue weighted by Crippen LogP contribution is -2.61. The fourth-order valence-electron chi connectivity index (χ4n) is 8.44. The lowest BCUT2D eigenvalue weighted by Gasteiger charge is -2.55. The number of nitrogens with zero attached hydrogens (tertiary/aromatic N) is 1. The predicted octanol–water partition coefficient (Wildman–Crippen LogP) is 10.9. The van der Waals surface area contributed by atoms with E-state index in [0.29, 0.717) is 36.9 Å². The highest BCUT2D eigenvalue weighted by Gasteiger charge is 2.43. The summed E-state index contributed by atoms with van der Waals surface area (Å²) in [5.74, 6) is 1.15. The Morgan fingerprint density at radius 3 is 1.42 bits per heavy atom. The molecular weight excluding hydrogens is 647 g/mol. The molecule has 0 spiro atoms. The smallest absolute Gasteiger partial charge is 0.311 e. The van der Waals surface area contributed by atoms with E-state index in [1.54, 1.807) is 0 Å². The maximum absolute atomic E-state index is 13.6. The topological polar surface area (TPSA) is 76.1 Å². The van der Waals surface area contributed by atoms with E-state index in [2.05, 4.69) is 135 Å². The number of hydrogen-bond donors (Lipinski definition) is 1. The number of carbonyl (C=O) groups is 2. The van der Waals surface area contributed by atoms with Crippen molar-refractivity contribution in [2.75, 3.05) is 13.2 Å². The van der Waals surface area contributed by atoms with Gasteiger partial charge in [0, 0.05) is 41.6 Å². The Morgan fingerprint density at radius 1 is 0.673 bits per heavy atom. The van der Waals surface area contributed by atoms with Crippen LogP contribution in [0.4, 0.5) is 0 Å². The van der Waals surface area contributed by atoms with Gasteiger partial charge in [0.15, 0.2) is 0 Å². The van der Waals surface area contributed by atoms with Crippen LogP contribution in [0, 0.1) is 5.92 Å². The van der Waals surface area contributed by atoms with Gasteiger partial charge in [0.2, 0.25) is 0 Å². The Kier molecular flexibility index (Phi) is 13.0. The zero-order valence-corrected chi connectivity index (χ0v) is 36.1. The van der Waals surface area contributed by atoms with Gasteiger partial charge in [-0.1, -0.05) is 114 Å². The van der Waals surface area contributed by atoms with Gasteiger partial charge < -0.3 is 14.6 Å². The minimum absolute atomic E-state index is 0.0581. The van der Waals surface area contributed by atoms with Gasteiger partial charge in [-0.05, 0) is 103 Å². The number of aromatic hydroxyl groups is 1. The number of esters is 2. The number of rotatable bonds is 10. The van der Waals surface area contributed by atoms with Crippen molar-refractivity contribution in [3.8, 4) is 11.5 Å². The molecule has 2 aromatic carbocycles. The average molecular weight is 720 g/mol. The van der Waals surface area contributed by atoms with E-state index in [-0.39, 0.29) is 57.5 Å². The van der Waals surface area contributed by atoms with Crippen LogP contribution < -0.4 is 4.74 Å². The number of ether oxygens (including phenoxy) is 2. The molecule has 0 aromatic heterocycles. The molecule has 0 radical (unpaired) electrons. The standard InChI is InChI=1S/C46H73NO5/c1-30-28-45(14,15)47(46(16,17)29-30)22-23-51-37(48)20-18-32-26-35(43(8,9)10)40(36(27-32)44(11,12)13)52-38(49)21-19-31-24-33(41(2,3)4)39(50)34(25-31)42(5,6)7/h24-27,30,50H,18-23,28-29H2,1-17H3. The largest absolute Gasteiger partial charge is 0.507 e. The Hall–Kier alpha value is -2.86. The van der Waals surface area contributed by atoms with Gasteiger partial charge in [0.25, 0.3) is 0 Å². The summed E-state index contributed by atoms with van der Waals surface area (Å²) in [6, 6.07) is 8.29. The van der Waals surface area contributed by atoms with Crippen molar-refractivity contribution in [1.29, 1.82) is 0 Å². The summed E-state index contributed by atoms with van der Waals surface area (Å²) in [5, 5.41) is 11.2. The summed E-state index contributed by atoms with van der Waals surface area (Å²) in [7, 11) is 0. The van der Waals surface area contributed by atoms with Gasteiger partial charge in [-0.3, -0.25) is 14.5 Å². The monoisotopic (exact) mass is 720 g/mol. The first-order valence-electron chi connectivity index (χ1n) is 19.6. The molecule has 0 saturated carbocycles. The van der Waals surface area contributed by atoms with Gasteiger partial charge in [-0.2, -0.15) is 0 Å². The molecule has 6 heteroatoms. The number of aryl methyl sites for hydroxylation is 2. The minimum atomic E-state index is -0.308. The molecule has 0 bridgehead atoms. The van der Waals surface area contributed by atoms with Crippen molar-refractivity contribution in [3.05, 3.63) is 57.6 Å². The lowest BCUT2D eigenvalue weighted by molar-refractivity contribution is -0.146. The third-order valence-corrected chi connectivity index (χ3v) is 10.7. The van der Waals surface area contributed by atoms with Crippen LogP contribution in [-0.4, -0.2) is 46.2 Å². The molecule has 1 aliphatic heterocycles. The number of carbonyl (C=O) groups excluding carboxylic acids is 2. The summed E-state index contributed by atoms with van der Waals surface area (Å²) in [6.07, 6.45) is 3.82. The van der Waals surface area contributed by atoms with Crippen molar-refractivity contribution < 1.29 is 24.2 Å². The van der Waals surface area contributed by atoms with E-state index in [1.807, 2.05) is 12.1 Å². The van der Waals surface area contributed by atoms with Crippen LogP contribution in [0.25, 0.3) is 0 Å². The van der Waals surface area contributed by atoms with Crippen LogP contribution in [0.15, 0.2) is 24.3 Å². The molecule has 1 N–H and O–H groups in total. The van der Waals surface area contributed by atoms with Gasteiger partial charge in [-0.25, -0.2) is 0 Å². The number of phenols is 1. The highest BCUT2D eigenvalue weighted by Crippen LogP contribution is 2.43. The SMILES string of the molecule is CC1CC(C)(C)N(CCOC(=O)CCc2cc(C(C)(C)C)c(OC(=O)CCc3cc(C(C)(C)C)c(O)c(C(C)(C)C)c3)c(C(C)(C)C)c2)C(C)(C)C1. The summed E-state index contributed by atoms with van der Waals surface area (Å²) in [6.45, 7) is 38.0. The van der Waals surface area contributed by atoms with Crippen LogP contribution >= 0.6 is 0 Å². The first-order chi connectivity index (χ1) is 23.4. The molecule has 6 nitrogen and oxygen atoms in total. The Bertz CT molecular complexity index is 1500. The summed E-state index contributed by atoms with van der Waals surface area (Å²) < 4.78 is 12.1. The maximum atomic E-state index is 13.6. The normalized spacial score (nSPS) is 17.2. The number of phenolic OH excluding ortho intramolecular Hbond substituents is 1. The minimum Gasteiger partial charge on any atom is -0.507 e. The van der Waals surface area contributed by atoms with Gasteiger partial charge in [-0.15, -0.1) is 0 Å². The van der Waals surface area contributed by atoms with Crippen LogP contribution in [0.3, 0.4) is 0 Å². The molecule has 1 heterocycles. The molecule has 0 aliphatic carbocycles. The molecule has 0 amide bonds. The van der Waals surface area contributed by atoms with Crippen LogP contribution in [0.2, 0.25) is 0 Å². The first-order valence-corrected chi connectivity index (χ1v) is 19.6. The number of hydrogen-bond acceptors (Lipinski definition) is 6. The summed E-state index contributed by atoms with van der Waals surface area (Å²) >= 11 is 0. The van der Waals surface area contributed by atoms with E-state index >= 15 is 0 Å². The fourth-order valence-corrected chi connectivity index (χ4v) is 8.44. The zero-order chi connectivity index (χ0) is 39.8. The number of likely N-dealkylation sites (tertiary alicyclic amines) is 1. The van der Waals surface area contributed by atoms with Gasteiger partial charge >= 0.3 is 11.9 Å². The van der Waals surface area contributed by atoms with Gasteiger partial charge in [0.1, 0.15) is 18.1 Å². The third-order valence-electron chi connectivity index (χ3n) is 10.7. The average Bonchev–Trinajstić information content (AvgIpc) is 2.94. The van der Waals surface area contributed by atoms with Crippen molar-refractivity contribution in [2.24, 2.45) is 5.92 Å². The molecule has 3 rings (SSSR count). The second-order valence-corrected chi connectivity index (χ2v) is 21.0. The number of benzene rings is 2. The number of piperidine rings is 1. The molecular formula is C46H73NO5. The molecule has 0 atom stereocenters. The first kappa shape index (κ1) is 43.5. The molecule has 1 aliphatic rings. The van der Waals surface area contributed by atoms with E-state index < -0.39 is 0 Å². The fraction of sp³-hybridized carbons (Fsp3) is 0.696. The van der Waals surface area contributed by atoms with Crippen LogP contribution in [0.1, 0.15) is 177 Å². The van der Waals surface area contributed by atoms with Crippen molar-refractivity contribution in [3.63, 3.8) is 0 Å². The van der Waals surface area contributed by atoms with Crippen molar-refractivity contribution >= 4 is 11.9 Å². The molecule has 2 aromatic rings. The molecule has 0 unspecified atom stereocenters. The predicted molar refractivity (Wildman–Crippen MR) is 216 cm³/mol. The van der Waals surface area contributed by atoms with E-state index in [9.17, 15) is 14.7 Å². The summed E-state index contributed by atoms with van der Waals surface area (Å²) in [5.41, 5.74) is 4.73. The Labute approximate surface area is 317 Å². The van der Waals surface area contributed by atoms with Gasteiger partial charge in [0.05, 0.1) is 0 Å². The van der Waals surface area contributed by atoms with Crippen LogP contribution in [0.5, 0.6) is 11.5 Å². The Balaban J connectivity index is 1.79. The molecule has 1 saturated heterocycles. The van der Waals surface area contributed by atoms with E-state index in [0.717, 1.165) is 52.8 Å². The molecule has 1 fully saturated rings. The molecule has 292 valence electrons. The van der Waals surface area contributed by atoms with E-state index in [4.69, 9.17) is 9.47 Å². The maximum Gasteiger partial charge on any atom is 0.311 e. The third kappa shape index (κ3) is 11.1. The zero-order valence-electron chi connectivity index (χ0n) is 36.1. The second kappa shape index (κ2) is 15.5. The van der Waals surface area contributed by atoms with Crippen molar-refractivity contribution in [2.45, 2.75) is 189 Å². The summed E-state index contributed by atoms with van der Waals surface area (Å²) in [4.78, 5) is 29.2. The lowest BCUT2D eigenvalue weighted by atomic mass is 9.74. The quantitative estimate of drug-likeness (QED) is 0.195. The Morgan fingerprint density at radius 2 is 1.04 bits per heavy atom. The second-order valence-electron chi connectivity index (χ2n) is 21.0. The molecule has 52 heavy (non-hydrogen) atoms. The van der Waals surface area contributed by atoms with E-state index in [1.165, 1.54) is 0 Å². The van der Waals surface area contributed by atoms with Crippen molar-refractivity contribution in [1.82, 2.24) is 4.90 Å². The highest BCUT2D eigenvalue weighted by molar-refractivity contribution is 5.74. The van der Waals surface area contributed by atoms with Crippen LogP contribution in [-0.2, 0) is 48.8 Å². The highest BCUT2D eigenvalue weighted by atomic mass is 16.5.